The molecule has 2 nitrogen and oxygen atoms in total. The lowest BCUT2D eigenvalue weighted by atomic mass is 9.75. The van der Waals surface area contributed by atoms with Gasteiger partial charge in [0.05, 0.1) is 0 Å². The maximum atomic E-state index is 11.4. The molecule has 2 rings (SSSR count). The minimum atomic E-state index is -0.450. The van der Waals surface area contributed by atoms with Crippen molar-refractivity contribution in [1.29, 1.82) is 0 Å². The van der Waals surface area contributed by atoms with Gasteiger partial charge in [-0.15, -0.1) is 0 Å². The highest BCUT2D eigenvalue weighted by Gasteiger charge is 2.34. The summed E-state index contributed by atoms with van der Waals surface area (Å²) in [6.45, 7) is 0.954. The average molecular weight is 154 g/mol. The molecule has 1 aliphatic carbocycles. The largest absolute Gasteiger partial charge is 0.289 e. The average Bonchev–Trinajstić information content (AvgIpc) is 2.06. The highest BCUT2D eigenvalue weighted by molar-refractivity contribution is 4.83. The third-order valence-corrected chi connectivity index (χ3v) is 3.22. The van der Waals surface area contributed by atoms with Crippen LogP contribution in [0.15, 0.2) is 0 Å². The summed E-state index contributed by atoms with van der Waals surface area (Å²) in [4.78, 5) is 0. The summed E-state index contributed by atoms with van der Waals surface area (Å²) in [5.41, 5.74) is 0. The van der Waals surface area contributed by atoms with Crippen LogP contribution in [0.25, 0.3) is 0 Å². The summed E-state index contributed by atoms with van der Waals surface area (Å²) in [6, 6.07) is 0. The SMILES string of the molecule is [O]C1NCCC2CCCCC21. The number of piperidine rings is 1. The van der Waals surface area contributed by atoms with Gasteiger partial charge in [-0.1, -0.05) is 12.8 Å². The van der Waals surface area contributed by atoms with Gasteiger partial charge in [0.15, 0.2) is 0 Å². The van der Waals surface area contributed by atoms with Crippen molar-refractivity contribution >= 4 is 0 Å². The molecule has 0 aromatic rings. The van der Waals surface area contributed by atoms with Crippen molar-refractivity contribution in [1.82, 2.24) is 5.32 Å². The molecular formula is C9H16NO. The Morgan fingerprint density at radius 2 is 1.91 bits per heavy atom. The van der Waals surface area contributed by atoms with E-state index in [0.717, 1.165) is 12.5 Å². The van der Waals surface area contributed by atoms with Crippen LogP contribution in [-0.4, -0.2) is 12.8 Å². The summed E-state index contributed by atoms with van der Waals surface area (Å²) < 4.78 is 0. The third-order valence-electron chi connectivity index (χ3n) is 3.22. The molecule has 11 heavy (non-hydrogen) atoms. The van der Waals surface area contributed by atoms with Crippen LogP contribution in [0.2, 0.25) is 0 Å². The number of nitrogens with one attached hydrogen (secondary N) is 1. The van der Waals surface area contributed by atoms with E-state index >= 15 is 0 Å². The Hall–Kier alpha value is -0.0800. The lowest BCUT2D eigenvalue weighted by Gasteiger charge is -2.38. The predicted octanol–water partition coefficient (Wildman–Crippen LogP) is 1.54. The summed E-state index contributed by atoms with van der Waals surface area (Å²) in [5, 5.41) is 14.4. The lowest BCUT2D eigenvalue weighted by Crippen LogP contribution is -2.46. The van der Waals surface area contributed by atoms with Gasteiger partial charge in [0.1, 0.15) is 6.23 Å². The van der Waals surface area contributed by atoms with E-state index in [-0.39, 0.29) is 0 Å². The Balaban J connectivity index is 1.99. The van der Waals surface area contributed by atoms with Crippen molar-refractivity contribution in [2.75, 3.05) is 6.54 Å². The van der Waals surface area contributed by atoms with Gasteiger partial charge < -0.3 is 0 Å². The Labute approximate surface area is 68.0 Å². The molecule has 1 N–H and O–H groups in total. The summed E-state index contributed by atoms with van der Waals surface area (Å²) in [7, 11) is 0. The van der Waals surface area contributed by atoms with Crippen LogP contribution >= 0.6 is 0 Å². The van der Waals surface area contributed by atoms with E-state index in [4.69, 9.17) is 0 Å². The van der Waals surface area contributed by atoms with Gasteiger partial charge >= 0.3 is 0 Å². The Kier molecular flexibility index (Phi) is 2.14. The number of rotatable bonds is 0. The molecule has 2 heteroatoms. The van der Waals surface area contributed by atoms with Crippen LogP contribution in [0.4, 0.5) is 0 Å². The van der Waals surface area contributed by atoms with Crippen LogP contribution in [-0.2, 0) is 5.11 Å². The molecule has 0 bridgehead atoms. The zero-order valence-corrected chi connectivity index (χ0v) is 6.88. The molecule has 2 fully saturated rings. The van der Waals surface area contributed by atoms with Gasteiger partial charge in [0.2, 0.25) is 0 Å². The molecule has 0 aromatic carbocycles. The number of hydrogen-bond acceptors (Lipinski definition) is 1. The van der Waals surface area contributed by atoms with Crippen LogP contribution in [0, 0.1) is 11.8 Å². The fourth-order valence-corrected chi connectivity index (χ4v) is 2.56. The molecule has 1 heterocycles. The van der Waals surface area contributed by atoms with Gasteiger partial charge in [-0.05, 0) is 31.7 Å². The van der Waals surface area contributed by atoms with E-state index < -0.39 is 6.23 Å². The summed E-state index contributed by atoms with van der Waals surface area (Å²) in [5.74, 6) is 1.21. The van der Waals surface area contributed by atoms with Gasteiger partial charge in [-0.2, -0.15) is 0 Å². The van der Waals surface area contributed by atoms with Crippen molar-refractivity contribution in [3.63, 3.8) is 0 Å². The van der Waals surface area contributed by atoms with E-state index in [0.29, 0.717) is 5.92 Å². The quantitative estimate of drug-likeness (QED) is 0.564. The maximum absolute atomic E-state index is 11.4. The molecule has 0 aromatic heterocycles. The first-order chi connectivity index (χ1) is 5.38. The molecule has 1 aliphatic heterocycles. The Bertz CT molecular complexity index is 136. The van der Waals surface area contributed by atoms with Crippen molar-refractivity contribution in [2.45, 2.75) is 38.3 Å². The first-order valence-electron chi connectivity index (χ1n) is 4.77. The van der Waals surface area contributed by atoms with Crippen LogP contribution in [0.1, 0.15) is 32.1 Å². The standard InChI is InChI=1S/C9H16NO/c11-9-8-4-2-1-3-7(8)5-6-10-9/h7-10H,1-6H2. The second kappa shape index (κ2) is 3.11. The number of hydrogen-bond donors (Lipinski definition) is 1. The van der Waals surface area contributed by atoms with Crippen molar-refractivity contribution in [2.24, 2.45) is 11.8 Å². The molecule has 3 atom stereocenters. The topological polar surface area (TPSA) is 31.9 Å². The van der Waals surface area contributed by atoms with E-state index in [9.17, 15) is 5.11 Å². The first kappa shape index (κ1) is 7.56. The lowest BCUT2D eigenvalue weighted by molar-refractivity contribution is -0.0502. The van der Waals surface area contributed by atoms with Crippen molar-refractivity contribution in [3.05, 3.63) is 0 Å². The zero-order chi connectivity index (χ0) is 7.68. The van der Waals surface area contributed by atoms with E-state index in [2.05, 4.69) is 5.32 Å². The van der Waals surface area contributed by atoms with E-state index in [1.165, 1.54) is 32.1 Å². The van der Waals surface area contributed by atoms with Crippen molar-refractivity contribution in [3.8, 4) is 0 Å². The normalized spacial score (nSPS) is 45.0. The maximum Gasteiger partial charge on any atom is 0.146 e. The van der Waals surface area contributed by atoms with Crippen LogP contribution in [0.5, 0.6) is 0 Å². The van der Waals surface area contributed by atoms with E-state index in [1.54, 1.807) is 0 Å². The molecule has 1 radical (unpaired) electrons. The fraction of sp³-hybridized carbons (Fsp3) is 1.00. The molecule has 2 aliphatic rings. The monoisotopic (exact) mass is 154 g/mol. The fourth-order valence-electron chi connectivity index (χ4n) is 2.56. The Morgan fingerprint density at radius 1 is 1.09 bits per heavy atom. The second-order valence-corrected chi connectivity index (χ2v) is 3.87. The molecule has 63 valence electrons. The van der Waals surface area contributed by atoms with Gasteiger partial charge in [0, 0.05) is 5.92 Å². The number of fused-ring (bicyclic) bond motifs is 1. The molecule has 0 spiro atoms. The molecule has 3 unspecified atom stereocenters. The third kappa shape index (κ3) is 1.42. The molecule has 0 amide bonds. The molecule has 1 saturated carbocycles. The molecule has 1 saturated heterocycles. The summed E-state index contributed by atoms with van der Waals surface area (Å²) >= 11 is 0. The highest BCUT2D eigenvalue weighted by atomic mass is 16.3. The van der Waals surface area contributed by atoms with Gasteiger partial charge in [0.25, 0.3) is 0 Å². The van der Waals surface area contributed by atoms with Gasteiger partial charge in [-0.25, -0.2) is 5.11 Å². The van der Waals surface area contributed by atoms with Crippen LogP contribution < -0.4 is 5.32 Å². The van der Waals surface area contributed by atoms with Crippen molar-refractivity contribution < 1.29 is 5.11 Å². The summed E-state index contributed by atoms with van der Waals surface area (Å²) in [6.07, 6.45) is 5.91. The minimum Gasteiger partial charge on any atom is -0.289 e. The van der Waals surface area contributed by atoms with E-state index in [1.807, 2.05) is 0 Å². The molecular weight excluding hydrogens is 138 g/mol. The van der Waals surface area contributed by atoms with Gasteiger partial charge in [-0.3, -0.25) is 5.32 Å². The van der Waals surface area contributed by atoms with Crippen LogP contribution in [0.3, 0.4) is 0 Å². The Morgan fingerprint density at radius 3 is 2.73 bits per heavy atom. The minimum absolute atomic E-state index is 0.450. The predicted molar refractivity (Wildman–Crippen MR) is 42.5 cm³/mol. The zero-order valence-electron chi connectivity index (χ0n) is 6.88. The second-order valence-electron chi connectivity index (χ2n) is 3.87. The highest BCUT2D eigenvalue weighted by Crippen LogP contribution is 2.35. The first-order valence-corrected chi connectivity index (χ1v) is 4.77. The smallest absolute Gasteiger partial charge is 0.146 e.